The molecule has 3 aromatic rings. The van der Waals surface area contributed by atoms with E-state index in [1.807, 2.05) is 23.9 Å². The van der Waals surface area contributed by atoms with Gasteiger partial charge in [0.15, 0.2) is 18.1 Å². The van der Waals surface area contributed by atoms with Gasteiger partial charge < -0.3 is 19.8 Å². The number of ether oxygens (including phenoxy) is 2. The van der Waals surface area contributed by atoms with E-state index in [1.165, 1.54) is 30.6 Å². The summed E-state index contributed by atoms with van der Waals surface area (Å²) in [6, 6.07) is 12.9. The van der Waals surface area contributed by atoms with E-state index >= 15 is 0 Å². The highest BCUT2D eigenvalue weighted by molar-refractivity contribution is 8.00. The average molecular weight is 529 g/mol. The van der Waals surface area contributed by atoms with E-state index in [9.17, 15) is 9.59 Å². The topological polar surface area (TPSA) is 80.4 Å². The van der Waals surface area contributed by atoms with Gasteiger partial charge in [0.05, 0.1) is 12.1 Å². The first-order valence-electron chi connectivity index (χ1n) is 11.8. The molecule has 3 aliphatic rings. The van der Waals surface area contributed by atoms with E-state index in [1.54, 1.807) is 31.4 Å². The van der Waals surface area contributed by atoms with Crippen LogP contribution in [0.2, 0.25) is 5.02 Å². The number of H-pyrrole nitrogens is 1. The molecule has 1 aromatic heterocycles. The zero-order valence-electron chi connectivity index (χ0n) is 19.1. The van der Waals surface area contributed by atoms with Gasteiger partial charge >= 0.3 is 4.87 Å². The standard InChI is InChI=1S/C26H25ClN2O4S2/c1-32-19-11-14(4-9-18(19)33-12-20(30)28-17-7-5-16(27)6-8-17)22-21-13-2-3-15(10-13)23(21)34-25-24(22)35-26(31)29-25/h4-9,11,13,15,21-23H,2-3,10,12H2,1H3,(H,28,30)(H,29,31)/t13-,15-,21-,22+,23-/m1/s1. The van der Waals surface area contributed by atoms with Gasteiger partial charge in [-0.25, -0.2) is 0 Å². The van der Waals surface area contributed by atoms with Crippen molar-refractivity contribution in [2.45, 2.75) is 35.5 Å². The molecule has 2 N–H and O–H groups in total. The largest absolute Gasteiger partial charge is 0.493 e. The molecule has 0 spiro atoms. The number of rotatable bonds is 6. The van der Waals surface area contributed by atoms with Gasteiger partial charge in [0, 0.05) is 26.8 Å². The number of thiazole rings is 1. The Morgan fingerprint density at radius 3 is 2.74 bits per heavy atom. The maximum Gasteiger partial charge on any atom is 0.305 e. The molecule has 2 aliphatic carbocycles. The van der Waals surface area contributed by atoms with Gasteiger partial charge in [-0.1, -0.05) is 29.0 Å². The Kier molecular flexibility index (Phi) is 6.06. The molecule has 2 saturated carbocycles. The van der Waals surface area contributed by atoms with E-state index in [2.05, 4.69) is 16.4 Å². The zero-order valence-corrected chi connectivity index (χ0v) is 21.5. The van der Waals surface area contributed by atoms with Crippen molar-refractivity contribution in [3.63, 3.8) is 0 Å². The second kappa shape index (κ2) is 9.22. The molecule has 9 heteroatoms. The summed E-state index contributed by atoms with van der Waals surface area (Å²) >= 11 is 9.12. The predicted octanol–water partition coefficient (Wildman–Crippen LogP) is 5.77. The molecule has 6 nitrogen and oxygen atoms in total. The first-order chi connectivity index (χ1) is 17.0. The van der Waals surface area contributed by atoms with Crippen molar-refractivity contribution in [3.05, 3.63) is 67.6 Å². The Hall–Kier alpha value is -2.42. The van der Waals surface area contributed by atoms with Crippen LogP contribution < -0.4 is 19.7 Å². The number of hydrogen-bond donors (Lipinski definition) is 2. The summed E-state index contributed by atoms with van der Waals surface area (Å²) in [6.07, 6.45) is 3.86. The number of fused-ring (bicyclic) bond motifs is 6. The molecular weight excluding hydrogens is 504 g/mol. The van der Waals surface area contributed by atoms with Crippen LogP contribution in [0.5, 0.6) is 11.5 Å². The molecule has 1 aliphatic heterocycles. The zero-order chi connectivity index (χ0) is 24.1. The number of hydrogen-bond acceptors (Lipinski definition) is 6. The Labute approximate surface area is 216 Å². The molecule has 0 saturated heterocycles. The van der Waals surface area contributed by atoms with Gasteiger partial charge in [0.25, 0.3) is 5.91 Å². The summed E-state index contributed by atoms with van der Waals surface area (Å²) in [6.45, 7) is -0.142. The van der Waals surface area contributed by atoms with Crippen molar-refractivity contribution in [2.24, 2.45) is 17.8 Å². The Balaban J connectivity index is 1.24. The van der Waals surface area contributed by atoms with Crippen molar-refractivity contribution in [1.29, 1.82) is 0 Å². The van der Waals surface area contributed by atoms with Gasteiger partial charge in [-0.05, 0) is 79.0 Å². The minimum absolute atomic E-state index is 0.0124. The van der Waals surface area contributed by atoms with Crippen LogP contribution in [0.1, 0.15) is 35.6 Å². The first-order valence-corrected chi connectivity index (χ1v) is 13.8. The fraction of sp³-hybridized carbons (Fsp3) is 0.385. The van der Waals surface area contributed by atoms with Crippen LogP contribution in [0.3, 0.4) is 0 Å². The highest BCUT2D eigenvalue weighted by atomic mass is 35.5. The van der Waals surface area contributed by atoms with Crippen LogP contribution in [0, 0.1) is 17.8 Å². The molecule has 1 amide bonds. The lowest BCUT2D eigenvalue weighted by Crippen LogP contribution is -2.33. The molecule has 2 fully saturated rings. The Bertz CT molecular complexity index is 1320. The molecule has 5 atom stereocenters. The van der Waals surface area contributed by atoms with Gasteiger partial charge in [0.1, 0.15) is 0 Å². The number of anilines is 1. The number of carbonyl (C=O) groups is 1. The second-order valence-corrected chi connectivity index (χ2v) is 12.1. The van der Waals surface area contributed by atoms with Crippen LogP contribution in [-0.2, 0) is 4.79 Å². The van der Waals surface area contributed by atoms with Crippen molar-refractivity contribution >= 4 is 46.3 Å². The first kappa shape index (κ1) is 23.0. The number of carbonyl (C=O) groups excluding carboxylic acids is 1. The summed E-state index contributed by atoms with van der Waals surface area (Å²) < 4.78 is 11.5. The van der Waals surface area contributed by atoms with Crippen LogP contribution in [-0.4, -0.2) is 29.9 Å². The normalized spacial score (nSPS) is 26.2. The third kappa shape index (κ3) is 4.26. The number of methoxy groups -OCH3 is 1. The fourth-order valence-electron chi connectivity index (χ4n) is 6.09. The molecule has 2 heterocycles. The third-order valence-electron chi connectivity index (χ3n) is 7.50. The molecule has 182 valence electrons. The molecule has 0 unspecified atom stereocenters. The third-order valence-corrected chi connectivity index (χ3v) is 10.4. The van der Waals surface area contributed by atoms with Crippen molar-refractivity contribution in [3.8, 4) is 11.5 Å². The maximum atomic E-state index is 12.4. The number of benzene rings is 2. The molecule has 35 heavy (non-hydrogen) atoms. The van der Waals surface area contributed by atoms with Crippen LogP contribution in [0.15, 0.2) is 52.3 Å². The smallest absolute Gasteiger partial charge is 0.305 e. The van der Waals surface area contributed by atoms with E-state index < -0.39 is 0 Å². The lowest BCUT2D eigenvalue weighted by molar-refractivity contribution is -0.118. The van der Waals surface area contributed by atoms with Crippen molar-refractivity contribution in [2.75, 3.05) is 19.0 Å². The SMILES string of the molecule is COc1cc([C@@H]2c3sc(=O)[nH]c3S[C@@H]3[C@@H]4CC[C@H](C4)[C@H]23)ccc1OCC(=O)Nc1ccc(Cl)cc1. The highest BCUT2D eigenvalue weighted by Crippen LogP contribution is 2.63. The average Bonchev–Trinajstić information content (AvgIpc) is 3.57. The Morgan fingerprint density at radius 1 is 1.14 bits per heavy atom. The Morgan fingerprint density at radius 2 is 1.94 bits per heavy atom. The minimum Gasteiger partial charge on any atom is -0.493 e. The lowest BCUT2D eigenvalue weighted by atomic mass is 9.75. The number of halogens is 1. The summed E-state index contributed by atoms with van der Waals surface area (Å²) in [7, 11) is 1.61. The second-order valence-electron chi connectivity index (χ2n) is 9.43. The number of aromatic amines is 1. The predicted molar refractivity (Wildman–Crippen MR) is 139 cm³/mol. The molecule has 0 radical (unpaired) electrons. The van der Waals surface area contributed by atoms with Crippen LogP contribution in [0.25, 0.3) is 0 Å². The minimum atomic E-state index is -0.269. The fourth-order valence-corrected chi connectivity index (χ4v) is 9.11. The van der Waals surface area contributed by atoms with E-state index in [0.717, 1.165) is 21.4 Å². The van der Waals surface area contributed by atoms with E-state index in [-0.39, 0.29) is 23.3 Å². The quantitative estimate of drug-likeness (QED) is 0.424. The van der Waals surface area contributed by atoms with Gasteiger partial charge in [-0.2, -0.15) is 0 Å². The highest BCUT2D eigenvalue weighted by Gasteiger charge is 2.54. The summed E-state index contributed by atoms with van der Waals surface area (Å²) in [5.41, 5.74) is 1.79. The molecular formula is C26H25ClN2O4S2. The monoisotopic (exact) mass is 528 g/mol. The number of amides is 1. The summed E-state index contributed by atoms with van der Waals surface area (Å²) in [5, 5.41) is 4.99. The number of thioether (sulfide) groups is 1. The van der Waals surface area contributed by atoms with E-state index in [0.29, 0.717) is 39.3 Å². The van der Waals surface area contributed by atoms with E-state index in [4.69, 9.17) is 21.1 Å². The summed E-state index contributed by atoms with van der Waals surface area (Å²) in [4.78, 5) is 28.9. The molecule has 2 aromatic carbocycles. The van der Waals surface area contributed by atoms with Crippen LogP contribution in [0.4, 0.5) is 5.69 Å². The summed E-state index contributed by atoms with van der Waals surface area (Å²) in [5.74, 6) is 2.97. The molecule has 2 bridgehead atoms. The molecule has 6 rings (SSSR count). The van der Waals surface area contributed by atoms with Gasteiger partial charge in [-0.3, -0.25) is 9.59 Å². The van der Waals surface area contributed by atoms with Crippen LogP contribution >= 0.6 is 34.7 Å². The lowest BCUT2D eigenvalue weighted by Gasteiger charge is -2.40. The maximum absolute atomic E-state index is 12.4. The van der Waals surface area contributed by atoms with Gasteiger partial charge in [-0.15, -0.1) is 11.8 Å². The van der Waals surface area contributed by atoms with Crippen molar-refractivity contribution < 1.29 is 14.3 Å². The number of aromatic nitrogens is 1. The number of nitrogens with one attached hydrogen (secondary N) is 2. The van der Waals surface area contributed by atoms with Crippen molar-refractivity contribution in [1.82, 2.24) is 4.98 Å². The van der Waals surface area contributed by atoms with Gasteiger partial charge in [0.2, 0.25) is 0 Å².